The van der Waals surface area contributed by atoms with E-state index in [0.717, 1.165) is 0 Å². The number of furan rings is 1. The van der Waals surface area contributed by atoms with Crippen LogP contribution in [0.5, 0.6) is 0 Å². The fourth-order valence-electron chi connectivity index (χ4n) is 1.14. The van der Waals surface area contributed by atoms with E-state index in [9.17, 15) is 14.4 Å². The summed E-state index contributed by atoms with van der Waals surface area (Å²) in [6, 6.07) is 2.73. The number of rotatable bonds is 9. The topological polar surface area (TPSA) is 189 Å². The van der Waals surface area contributed by atoms with Crippen molar-refractivity contribution in [3.63, 3.8) is 0 Å². The Hall–Kier alpha value is -2.59. The molecule has 0 radical (unpaired) electrons. The van der Waals surface area contributed by atoms with E-state index in [0.29, 0.717) is 31.8 Å². The molecule has 0 aliphatic carbocycles. The monoisotopic (exact) mass is 361 g/mol. The largest absolute Gasteiger partial charge is 0.481 e. The number of hydrogen-bond acceptors (Lipinski definition) is 7. The van der Waals surface area contributed by atoms with Gasteiger partial charge in [-0.15, -0.1) is 0 Å². The molecular weight excluding hydrogens is 334 g/mol. The molecule has 0 saturated carbocycles. The summed E-state index contributed by atoms with van der Waals surface area (Å²) in [7, 11) is 0. The Balaban J connectivity index is 0. The van der Waals surface area contributed by atoms with Gasteiger partial charge in [-0.3, -0.25) is 14.4 Å². The molecule has 1 aromatic heterocycles. The van der Waals surface area contributed by atoms with E-state index in [1.165, 1.54) is 6.26 Å². The molecule has 0 bridgehead atoms. The Bertz CT molecular complexity index is 459. The van der Waals surface area contributed by atoms with Crippen molar-refractivity contribution in [1.82, 2.24) is 0 Å². The van der Waals surface area contributed by atoms with E-state index in [1.54, 1.807) is 19.1 Å². The van der Waals surface area contributed by atoms with Crippen LogP contribution in [0.4, 0.5) is 5.88 Å². The number of aliphatic carboxylic acids is 3. The lowest BCUT2D eigenvalue weighted by atomic mass is 10.3. The number of hydrogen-bond donors (Lipinski definition) is 6. The van der Waals surface area contributed by atoms with Crippen LogP contribution in [0.2, 0.25) is 0 Å². The van der Waals surface area contributed by atoms with Crippen molar-refractivity contribution in [2.24, 2.45) is 11.5 Å². The minimum absolute atomic E-state index is 0.191. The van der Waals surface area contributed by atoms with Gasteiger partial charge in [0.1, 0.15) is 6.04 Å². The fourth-order valence-corrected chi connectivity index (χ4v) is 1.14. The van der Waals surface area contributed by atoms with Crippen molar-refractivity contribution in [3.8, 4) is 0 Å². The molecule has 1 unspecified atom stereocenters. The lowest BCUT2D eigenvalue weighted by Crippen LogP contribution is -2.24. The summed E-state index contributed by atoms with van der Waals surface area (Å²) < 4.78 is 4.88. The lowest BCUT2D eigenvalue weighted by Gasteiger charge is -2.05. The van der Waals surface area contributed by atoms with Gasteiger partial charge in [-0.2, -0.15) is 0 Å². The summed E-state index contributed by atoms with van der Waals surface area (Å²) in [5.41, 5.74) is 10.0. The Morgan fingerprint density at radius 1 is 1.08 bits per heavy atom. The van der Waals surface area contributed by atoms with Crippen LogP contribution >= 0.6 is 0 Å². The van der Waals surface area contributed by atoms with E-state index >= 15 is 0 Å². The summed E-state index contributed by atoms with van der Waals surface area (Å²) in [5, 5.41) is 27.1. The zero-order valence-corrected chi connectivity index (χ0v) is 14.2. The number of nitrogens with one attached hydrogen (secondary N) is 1. The molecule has 10 nitrogen and oxygen atoms in total. The standard InChI is InChI=1S/C7H9NO3.2C4H9NO2/c1-5(7(9)10)8-6-3-2-4-11-6;2*5-3-1-2-4(6)7/h2-5,8H,1H3,(H,9,10);2*1-3,5H2,(H,6,7). The highest BCUT2D eigenvalue weighted by Gasteiger charge is 2.10. The molecule has 1 heterocycles. The second-order valence-electron chi connectivity index (χ2n) is 4.75. The molecule has 0 aliphatic heterocycles. The van der Waals surface area contributed by atoms with Gasteiger partial charge in [0.2, 0.25) is 0 Å². The molecule has 0 fully saturated rings. The molecule has 10 heteroatoms. The minimum atomic E-state index is -0.901. The Morgan fingerprint density at radius 3 is 1.80 bits per heavy atom. The molecule has 1 aromatic rings. The zero-order valence-electron chi connectivity index (χ0n) is 14.2. The van der Waals surface area contributed by atoms with Gasteiger partial charge >= 0.3 is 17.9 Å². The van der Waals surface area contributed by atoms with E-state index < -0.39 is 23.9 Å². The average Bonchev–Trinajstić information content (AvgIpc) is 3.05. The van der Waals surface area contributed by atoms with E-state index in [1.807, 2.05) is 0 Å². The van der Waals surface area contributed by atoms with E-state index in [2.05, 4.69) is 5.32 Å². The van der Waals surface area contributed by atoms with Crippen LogP contribution in [0.3, 0.4) is 0 Å². The Kier molecular flexibility index (Phi) is 16.1. The smallest absolute Gasteiger partial charge is 0.325 e. The zero-order chi connectivity index (χ0) is 19.7. The first-order valence-corrected chi connectivity index (χ1v) is 7.61. The first-order chi connectivity index (χ1) is 11.7. The molecule has 25 heavy (non-hydrogen) atoms. The quantitative estimate of drug-likeness (QED) is 0.366. The van der Waals surface area contributed by atoms with Gasteiger partial charge in [0, 0.05) is 18.9 Å². The molecule has 0 amide bonds. The van der Waals surface area contributed by atoms with Gasteiger partial charge in [-0.05, 0) is 38.9 Å². The molecule has 144 valence electrons. The van der Waals surface area contributed by atoms with Crippen molar-refractivity contribution >= 4 is 23.8 Å². The van der Waals surface area contributed by atoms with Gasteiger partial charge < -0.3 is 36.5 Å². The number of nitrogens with two attached hydrogens (primary N) is 2. The fraction of sp³-hybridized carbons (Fsp3) is 0.533. The summed E-state index contributed by atoms with van der Waals surface area (Å²) in [4.78, 5) is 29.7. The Morgan fingerprint density at radius 2 is 1.56 bits per heavy atom. The van der Waals surface area contributed by atoms with Crippen LogP contribution in [-0.4, -0.2) is 52.4 Å². The molecule has 0 aliphatic rings. The van der Waals surface area contributed by atoms with Gasteiger partial charge in [0.05, 0.1) is 6.26 Å². The lowest BCUT2D eigenvalue weighted by molar-refractivity contribution is -0.138. The minimum Gasteiger partial charge on any atom is -0.481 e. The summed E-state index contributed by atoms with van der Waals surface area (Å²) in [6.07, 6.45) is 3.02. The summed E-state index contributed by atoms with van der Waals surface area (Å²) >= 11 is 0. The molecule has 1 atom stereocenters. The molecule has 8 N–H and O–H groups in total. The maximum Gasteiger partial charge on any atom is 0.325 e. The third-order valence-electron chi connectivity index (χ3n) is 2.44. The van der Waals surface area contributed by atoms with Crippen LogP contribution in [0.15, 0.2) is 22.8 Å². The average molecular weight is 361 g/mol. The molecule has 1 rings (SSSR count). The summed E-state index contributed by atoms with van der Waals surface area (Å²) in [5.74, 6) is -1.97. The van der Waals surface area contributed by atoms with E-state index in [4.69, 9.17) is 31.2 Å². The van der Waals surface area contributed by atoms with Crippen LogP contribution in [-0.2, 0) is 14.4 Å². The number of anilines is 1. The number of carbonyl (C=O) groups is 3. The normalized spacial score (nSPS) is 10.4. The van der Waals surface area contributed by atoms with Gasteiger partial charge in [-0.25, -0.2) is 0 Å². The second kappa shape index (κ2) is 16.3. The van der Waals surface area contributed by atoms with Crippen LogP contribution in [0.25, 0.3) is 0 Å². The highest BCUT2D eigenvalue weighted by atomic mass is 16.4. The highest BCUT2D eigenvalue weighted by molar-refractivity contribution is 5.76. The van der Waals surface area contributed by atoms with Crippen molar-refractivity contribution in [1.29, 1.82) is 0 Å². The van der Waals surface area contributed by atoms with Gasteiger partial charge in [0.15, 0.2) is 5.88 Å². The van der Waals surface area contributed by atoms with Crippen molar-refractivity contribution in [2.75, 3.05) is 18.4 Å². The maximum absolute atomic E-state index is 10.3. The van der Waals surface area contributed by atoms with Crippen LogP contribution < -0.4 is 16.8 Å². The van der Waals surface area contributed by atoms with Crippen molar-refractivity contribution < 1.29 is 34.1 Å². The highest BCUT2D eigenvalue weighted by Crippen LogP contribution is 2.07. The van der Waals surface area contributed by atoms with E-state index in [-0.39, 0.29) is 12.8 Å². The van der Waals surface area contributed by atoms with Crippen molar-refractivity contribution in [2.45, 2.75) is 38.6 Å². The summed E-state index contributed by atoms with van der Waals surface area (Å²) in [6.45, 7) is 2.48. The maximum atomic E-state index is 10.3. The van der Waals surface area contributed by atoms with Gasteiger partial charge in [0.25, 0.3) is 0 Å². The molecule has 0 spiro atoms. The third kappa shape index (κ3) is 19.4. The van der Waals surface area contributed by atoms with Crippen LogP contribution in [0.1, 0.15) is 32.6 Å². The second-order valence-corrected chi connectivity index (χ2v) is 4.75. The predicted molar refractivity (Wildman–Crippen MR) is 91.3 cm³/mol. The molecular formula is C15H27N3O7. The van der Waals surface area contributed by atoms with Crippen LogP contribution in [0, 0.1) is 0 Å². The molecule has 0 saturated heterocycles. The first kappa shape index (κ1) is 24.7. The predicted octanol–water partition coefficient (Wildman–Crippen LogP) is 0.784. The molecule has 0 aromatic carbocycles. The van der Waals surface area contributed by atoms with Gasteiger partial charge in [-0.1, -0.05) is 0 Å². The number of carboxylic acids is 3. The third-order valence-corrected chi connectivity index (χ3v) is 2.44. The SMILES string of the molecule is CC(Nc1ccco1)C(=O)O.NCCCC(=O)O.NCCCC(=O)O. The van der Waals surface area contributed by atoms with Crippen molar-refractivity contribution in [3.05, 3.63) is 18.4 Å². The first-order valence-electron chi connectivity index (χ1n) is 7.61. The number of carboxylic acid groups (broad SMARTS) is 3. The Labute approximate surface area is 145 Å².